The van der Waals surface area contributed by atoms with Crippen LogP contribution in [0.3, 0.4) is 0 Å². The predicted octanol–water partition coefficient (Wildman–Crippen LogP) is 2.78. The second kappa shape index (κ2) is 6.19. The Hall–Kier alpha value is -2.71. The summed E-state index contributed by atoms with van der Waals surface area (Å²) in [6.45, 7) is -0.0315. The third-order valence-electron chi connectivity index (χ3n) is 3.65. The Morgan fingerprint density at radius 1 is 1.26 bits per heavy atom. The molecule has 116 valence electrons. The van der Waals surface area contributed by atoms with E-state index in [9.17, 15) is 4.79 Å². The fourth-order valence-corrected chi connectivity index (χ4v) is 2.67. The largest absolute Gasteiger partial charge is 0.478 e. The van der Waals surface area contributed by atoms with Crippen molar-refractivity contribution in [3.05, 3.63) is 53.1 Å². The maximum atomic E-state index is 12.6. The van der Waals surface area contributed by atoms with E-state index in [0.717, 1.165) is 5.56 Å². The van der Waals surface area contributed by atoms with Crippen LogP contribution in [0.25, 0.3) is 0 Å². The molecule has 0 fully saturated rings. The molecule has 0 radical (unpaired) electrons. The summed E-state index contributed by atoms with van der Waals surface area (Å²) in [5.41, 5.74) is 7.82. The summed E-state index contributed by atoms with van der Waals surface area (Å²) >= 11 is 5.88. The van der Waals surface area contributed by atoms with E-state index in [4.69, 9.17) is 27.3 Å². The summed E-state index contributed by atoms with van der Waals surface area (Å²) in [5, 5.41) is 9.63. The third-order valence-corrected chi connectivity index (χ3v) is 3.90. The van der Waals surface area contributed by atoms with Gasteiger partial charge >= 0.3 is 0 Å². The van der Waals surface area contributed by atoms with Crippen molar-refractivity contribution in [1.82, 2.24) is 0 Å². The SMILES string of the molecule is N#CCN1C(=O)C(Cc2ccc(Cl)cc2)Oc2cc(N)ccc21. The molecule has 2 N–H and O–H groups in total. The molecule has 5 nitrogen and oxygen atoms in total. The summed E-state index contributed by atoms with van der Waals surface area (Å²) in [6, 6.07) is 14.3. The zero-order valence-electron chi connectivity index (χ0n) is 12.2. The number of anilines is 2. The fourth-order valence-electron chi connectivity index (χ4n) is 2.54. The van der Waals surface area contributed by atoms with Crippen molar-refractivity contribution >= 4 is 28.9 Å². The number of nitriles is 1. The molecule has 2 aromatic carbocycles. The molecule has 1 amide bonds. The first-order chi connectivity index (χ1) is 11.1. The lowest BCUT2D eigenvalue weighted by Gasteiger charge is -2.33. The number of rotatable bonds is 3. The number of carbonyl (C=O) groups is 1. The number of halogens is 1. The highest BCUT2D eigenvalue weighted by Crippen LogP contribution is 2.36. The normalized spacial score (nSPS) is 16.4. The molecule has 23 heavy (non-hydrogen) atoms. The first-order valence-corrected chi connectivity index (χ1v) is 7.45. The molecule has 0 aliphatic carbocycles. The average molecular weight is 328 g/mol. The summed E-state index contributed by atoms with van der Waals surface area (Å²) in [7, 11) is 0. The first-order valence-electron chi connectivity index (χ1n) is 7.07. The van der Waals surface area contributed by atoms with Crippen LogP contribution >= 0.6 is 11.6 Å². The summed E-state index contributed by atoms with van der Waals surface area (Å²) in [6.07, 6.45) is -0.301. The maximum absolute atomic E-state index is 12.6. The van der Waals surface area contributed by atoms with Crippen molar-refractivity contribution in [3.63, 3.8) is 0 Å². The van der Waals surface area contributed by atoms with Crippen molar-refractivity contribution in [2.75, 3.05) is 17.2 Å². The minimum absolute atomic E-state index is 0.0315. The smallest absolute Gasteiger partial charge is 0.269 e. The Morgan fingerprint density at radius 3 is 2.70 bits per heavy atom. The number of benzene rings is 2. The van der Waals surface area contributed by atoms with Gasteiger partial charge in [-0.1, -0.05) is 23.7 Å². The molecule has 1 aliphatic rings. The van der Waals surface area contributed by atoms with Crippen LogP contribution in [-0.4, -0.2) is 18.6 Å². The molecule has 0 bridgehead atoms. The molecule has 0 saturated heterocycles. The van der Waals surface area contributed by atoms with Crippen LogP contribution in [0, 0.1) is 11.3 Å². The average Bonchev–Trinajstić information content (AvgIpc) is 2.53. The van der Waals surface area contributed by atoms with E-state index in [0.29, 0.717) is 28.6 Å². The third kappa shape index (κ3) is 3.08. The van der Waals surface area contributed by atoms with E-state index in [-0.39, 0.29) is 12.5 Å². The number of nitrogens with zero attached hydrogens (tertiary/aromatic N) is 2. The number of ether oxygens (including phenoxy) is 1. The molecule has 6 heteroatoms. The van der Waals surface area contributed by atoms with E-state index in [1.807, 2.05) is 18.2 Å². The fraction of sp³-hybridized carbons (Fsp3) is 0.176. The van der Waals surface area contributed by atoms with Gasteiger partial charge in [-0.25, -0.2) is 0 Å². The maximum Gasteiger partial charge on any atom is 0.269 e. The Balaban J connectivity index is 1.92. The second-order valence-corrected chi connectivity index (χ2v) is 5.68. The molecule has 1 aliphatic heterocycles. The highest BCUT2D eigenvalue weighted by molar-refractivity contribution is 6.30. The van der Waals surface area contributed by atoms with Crippen LogP contribution < -0.4 is 15.4 Å². The number of fused-ring (bicyclic) bond motifs is 1. The summed E-state index contributed by atoms with van der Waals surface area (Å²) in [5.74, 6) is 0.276. The quantitative estimate of drug-likeness (QED) is 0.694. The number of hydrogen-bond acceptors (Lipinski definition) is 4. The molecule has 0 spiro atoms. The Kier molecular flexibility index (Phi) is 4.09. The van der Waals surface area contributed by atoms with Crippen LogP contribution in [0.5, 0.6) is 5.75 Å². The van der Waals surface area contributed by atoms with Gasteiger partial charge in [-0.3, -0.25) is 9.69 Å². The predicted molar refractivity (Wildman–Crippen MR) is 88.4 cm³/mol. The highest BCUT2D eigenvalue weighted by atomic mass is 35.5. The minimum Gasteiger partial charge on any atom is -0.478 e. The number of nitrogen functional groups attached to an aromatic ring is 1. The lowest BCUT2D eigenvalue weighted by atomic mass is 10.0. The van der Waals surface area contributed by atoms with Gasteiger partial charge in [0.05, 0.1) is 11.8 Å². The molecular formula is C17H14ClN3O2. The summed E-state index contributed by atoms with van der Waals surface area (Å²) < 4.78 is 5.82. The van der Waals surface area contributed by atoms with Gasteiger partial charge in [0.25, 0.3) is 5.91 Å². The minimum atomic E-state index is -0.696. The van der Waals surface area contributed by atoms with Gasteiger partial charge in [0.2, 0.25) is 0 Å². The van der Waals surface area contributed by atoms with E-state index in [1.165, 1.54) is 4.90 Å². The molecular weight excluding hydrogens is 314 g/mol. The number of amides is 1. The van der Waals surface area contributed by atoms with Crippen LogP contribution in [-0.2, 0) is 11.2 Å². The number of hydrogen-bond donors (Lipinski definition) is 1. The molecule has 0 aromatic heterocycles. The van der Waals surface area contributed by atoms with Gasteiger partial charge in [0.15, 0.2) is 6.10 Å². The van der Waals surface area contributed by atoms with E-state index in [2.05, 4.69) is 0 Å². The van der Waals surface area contributed by atoms with Crippen molar-refractivity contribution in [2.24, 2.45) is 0 Å². The van der Waals surface area contributed by atoms with Gasteiger partial charge in [-0.05, 0) is 29.8 Å². The van der Waals surface area contributed by atoms with Crippen LogP contribution in [0.2, 0.25) is 5.02 Å². The van der Waals surface area contributed by atoms with Gasteiger partial charge in [0.1, 0.15) is 12.3 Å². The van der Waals surface area contributed by atoms with Crippen molar-refractivity contribution in [1.29, 1.82) is 5.26 Å². The Bertz CT molecular complexity index is 783. The topological polar surface area (TPSA) is 79.3 Å². The van der Waals surface area contributed by atoms with E-state index >= 15 is 0 Å². The highest BCUT2D eigenvalue weighted by Gasteiger charge is 2.34. The van der Waals surface area contributed by atoms with E-state index in [1.54, 1.807) is 30.3 Å². The van der Waals surface area contributed by atoms with Crippen molar-refractivity contribution < 1.29 is 9.53 Å². The van der Waals surface area contributed by atoms with Crippen LogP contribution in [0.4, 0.5) is 11.4 Å². The van der Waals surface area contributed by atoms with Crippen molar-refractivity contribution in [2.45, 2.75) is 12.5 Å². The number of carbonyl (C=O) groups excluding carboxylic acids is 1. The standard InChI is InChI=1S/C17H14ClN3O2/c18-12-3-1-11(2-4-12)9-16-17(22)21(8-7-19)14-6-5-13(20)10-15(14)23-16/h1-6,10,16H,8-9,20H2. The molecule has 1 heterocycles. The van der Waals surface area contributed by atoms with Gasteiger partial charge in [0, 0.05) is 23.2 Å². The zero-order chi connectivity index (χ0) is 16.4. The monoisotopic (exact) mass is 327 g/mol. The molecule has 1 unspecified atom stereocenters. The molecule has 0 saturated carbocycles. The zero-order valence-corrected chi connectivity index (χ0v) is 13.0. The first kappa shape index (κ1) is 15.2. The lowest BCUT2D eigenvalue weighted by Crippen LogP contribution is -2.47. The summed E-state index contributed by atoms with van der Waals surface area (Å²) in [4.78, 5) is 14.1. The van der Waals surface area contributed by atoms with Gasteiger partial charge < -0.3 is 10.5 Å². The van der Waals surface area contributed by atoms with E-state index < -0.39 is 6.10 Å². The van der Waals surface area contributed by atoms with Gasteiger partial charge in [-0.15, -0.1) is 0 Å². The Labute approximate surface area is 138 Å². The van der Waals surface area contributed by atoms with Crippen LogP contribution in [0.15, 0.2) is 42.5 Å². The lowest BCUT2D eigenvalue weighted by molar-refractivity contribution is -0.126. The molecule has 3 rings (SSSR count). The van der Waals surface area contributed by atoms with Gasteiger partial charge in [-0.2, -0.15) is 5.26 Å². The molecule has 1 atom stereocenters. The second-order valence-electron chi connectivity index (χ2n) is 5.25. The van der Waals surface area contributed by atoms with Crippen molar-refractivity contribution in [3.8, 4) is 11.8 Å². The Morgan fingerprint density at radius 2 is 2.00 bits per heavy atom. The molecule has 2 aromatic rings. The number of nitrogens with two attached hydrogens (primary N) is 1. The van der Waals surface area contributed by atoms with Crippen LogP contribution in [0.1, 0.15) is 5.56 Å².